The highest BCUT2D eigenvalue weighted by atomic mass is 19.1. The first-order valence-electron chi connectivity index (χ1n) is 7.86. The average molecular weight is 313 g/mol. The molecule has 0 spiro atoms. The van der Waals surface area contributed by atoms with Crippen molar-refractivity contribution in [2.75, 3.05) is 13.7 Å². The number of hydrogen-bond donors (Lipinski definition) is 0. The molecule has 4 heteroatoms. The molecule has 1 aliphatic rings. The van der Waals surface area contributed by atoms with Gasteiger partial charge in [-0.15, -0.1) is 0 Å². The fourth-order valence-corrected chi connectivity index (χ4v) is 3.24. The SMILES string of the molecule is COc1ccccc1CC(=O)N1CCC[C@@H]1c1cccc(F)c1. The Balaban J connectivity index is 1.78. The van der Waals surface area contributed by atoms with Crippen molar-refractivity contribution in [1.29, 1.82) is 0 Å². The van der Waals surface area contributed by atoms with Gasteiger partial charge in [0.2, 0.25) is 5.91 Å². The van der Waals surface area contributed by atoms with Gasteiger partial charge in [0.25, 0.3) is 0 Å². The minimum absolute atomic E-state index is 0.0343. The molecule has 1 heterocycles. The monoisotopic (exact) mass is 313 g/mol. The highest BCUT2D eigenvalue weighted by Gasteiger charge is 2.30. The van der Waals surface area contributed by atoms with E-state index in [9.17, 15) is 9.18 Å². The van der Waals surface area contributed by atoms with Crippen LogP contribution in [0.3, 0.4) is 0 Å². The molecule has 0 saturated carbocycles. The number of hydrogen-bond acceptors (Lipinski definition) is 2. The fraction of sp³-hybridized carbons (Fsp3) is 0.316. The summed E-state index contributed by atoms with van der Waals surface area (Å²) in [6.07, 6.45) is 2.12. The predicted molar refractivity (Wildman–Crippen MR) is 86.8 cm³/mol. The summed E-state index contributed by atoms with van der Waals surface area (Å²) in [6, 6.07) is 14.1. The van der Waals surface area contributed by atoms with Crippen molar-refractivity contribution >= 4 is 5.91 Å². The fourth-order valence-electron chi connectivity index (χ4n) is 3.24. The molecule has 0 aromatic heterocycles. The molecule has 3 rings (SSSR count). The number of amides is 1. The Labute approximate surface area is 135 Å². The maximum absolute atomic E-state index is 13.5. The molecule has 0 radical (unpaired) electrons. The zero-order chi connectivity index (χ0) is 16.2. The number of carbonyl (C=O) groups is 1. The number of methoxy groups -OCH3 is 1. The van der Waals surface area contributed by atoms with Crippen LogP contribution in [0.2, 0.25) is 0 Å². The molecule has 0 unspecified atom stereocenters. The molecule has 23 heavy (non-hydrogen) atoms. The van der Waals surface area contributed by atoms with Crippen LogP contribution < -0.4 is 4.74 Å². The van der Waals surface area contributed by atoms with Gasteiger partial charge in [0.15, 0.2) is 0 Å². The number of rotatable bonds is 4. The Morgan fingerprint density at radius 2 is 2.09 bits per heavy atom. The minimum atomic E-state index is -0.258. The van der Waals surface area contributed by atoms with E-state index in [1.165, 1.54) is 12.1 Å². The molecular formula is C19H20FNO2. The summed E-state index contributed by atoms with van der Waals surface area (Å²) in [4.78, 5) is 14.6. The molecule has 1 fully saturated rings. The molecule has 1 aliphatic heterocycles. The van der Waals surface area contributed by atoms with Gasteiger partial charge in [-0.1, -0.05) is 30.3 Å². The molecule has 0 N–H and O–H groups in total. The second-order valence-electron chi connectivity index (χ2n) is 5.79. The Morgan fingerprint density at radius 3 is 2.87 bits per heavy atom. The topological polar surface area (TPSA) is 29.5 Å². The summed E-state index contributed by atoms with van der Waals surface area (Å²) < 4.78 is 18.8. The maximum Gasteiger partial charge on any atom is 0.227 e. The molecule has 1 saturated heterocycles. The lowest BCUT2D eigenvalue weighted by Crippen LogP contribution is -2.32. The summed E-state index contributed by atoms with van der Waals surface area (Å²) in [6.45, 7) is 0.717. The van der Waals surface area contributed by atoms with Crippen LogP contribution in [-0.2, 0) is 11.2 Å². The third-order valence-corrected chi connectivity index (χ3v) is 4.34. The van der Waals surface area contributed by atoms with Crippen molar-refractivity contribution in [3.63, 3.8) is 0 Å². The number of likely N-dealkylation sites (tertiary alicyclic amines) is 1. The van der Waals surface area contributed by atoms with Crippen LogP contribution in [0.25, 0.3) is 0 Å². The summed E-state index contributed by atoms with van der Waals surface area (Å²) >= 11 is 0. The normalized spacial score (nSPS) is 17.3. The summed E-state index contributed by atoms with van der Waals surface area (Å²) in [7, 11) is 1.61. The van der Waals surface area contributed by atoms with Gasteiger partial charge in [-0.05, 0) is 36.6 Å². The molecule has 1 amide bonds. The Morgan fingerprint density at radius 1 is 1.26 bits per heavy atom. The summed E-state index contributed by atoms with van der Waals surface area (Å²) in [5, 5.41) is 0. The smallest absolute Gasteiger partial charge is 0.227 e. The van der Waals surface area contributed by atoms with Crippen molar-refractivity contribution in [1.82, 2.24) is 4.90 Å². The van der Waals surface area contributed by atoms with E-state index >= 15 is 0 Å². The van der Waals surface area contributed by atoms with Crippen LogP contribution in [0.5, 0.6) is 5.75 Å². The molecule has 1 atom stereocenters. The first-order chi connectivity index (χ1) is 11.2. The van der Waals surface area contributed by atoms with Crippen LogP contribution in [-0.4, -0.2) is 24.5 Å². The van der Waals surface area contributed by atoms with Crippen molar-refractivity contribution in [3.05, 3.63) is 65.5 Å². The highest BCUT2D eigenvalue weighted by molar-refractivity contribution is 5.80. The quantitative estimate of drug-likeness (QED) is 0.860. The van der Waals surface area contributed by atoms with Crippen LogP contribution in [0, 0.1) is 5.82 Å². The van der Waals surface area contributed by atoms with Gasteiger partial charge in [0, 0.05) is 12.1 Å². The van der Waals surface area contributed by atoms with Gasteiger partial charge >= 0.3 is 0 Å². The lowest BCUT2D eigenvalue weighted by atomic mass is 10.0. The van der Waals surface area contributed by atoms with E-state index in [1.807, 2.05) is 35.2 Å². The van der Waals surface area contributed by atoms with Crippen LogP contribution in [0.15, 0.2) is 48.5 Å². The number of benzene rings is 2. The summed E-state index contributed by atoms with van der Waals surface area (Å²) in [5.41, 5.74) is 1.75. The molecule has 0 aliphatic carbocycles. The van der Waals surface area contributed by atoms with Crippen molar-refractivity contribution in [2.45, 2.75) is 25.3 Å². The zero-order valence-electron chi connectivity index (χ0n) is 13.2. The Hall–Kier alpha value is -2.36. The molecular weight excluding hydrogens is 293 g/mol. The zero-order valence-corrected chi connectivity index (χ0v) is 13.2. The van der Waals surface area contributed by atoms with E-state index in [1.54, 1.807) is 13.2 Å². The lowest BCUT2D eigenvalue weighted by molar-refractivity contribution is -0.131. The number of carbonyl (C=O) groups excluding carboxylic acids is 1. The number of ether oxygens (including phenoxy) is 1. The van der Waals surface area contributed by atoms with Gasteiger partial charge in [0.05, 0.1) is 19.6 Å². The first-order valence-corrected chi connectivity index (χ1v) is 7.86. The van der Waals surface area contributed by atoms with E-state index in [0.29, 0.717) is 6.42 Å². The number of halogens is 1. The minimum Gasteiger partial charge on any atom is -0.496 e. The number of nitrogens with zero attached hydrogens (tertiary/aromatic N) is 1. The Bertz CT molecular complexity index is 701. The van der Waals surface area contributed by atoms with Crippen LogP contribution in [0.1, 0.15) is 30.0 Å². The van der Waals surface area contributed by atoms with Gasteiger partial charge < -0.3 is 9.64 Å². The largest absolute Gasteiger partial charge is 0.496 e. The van der Waals surface area contributed by atoms with Crippen molar-refractivity contribution in [3.8, 4) is 5.75 Å². The van der Waals surface area contributed by atoms with Gasteiger partial charge in [0.1, 0.15) is 11.6 Å². The number of para-hydroxylation sites is 1. The molecule has 0 bridgehead atoms. The molecule has 2 aromatic rings. The summed E-state index contributed by atoms with van der Waals surface area (Å²) in [5.74, 6) is 0.523. The van der Waals surface area contributed by atoms with Gasteiger partial charge in [-0.3, -0.25) is 4.79 Å². The highest BCUT2D eigenvalue weighted by Crippen LogP contribution is 2.33. The second kappa shape index (κ2) is 6.82. The predicted octanol–water partition coefficient (Wildman–Crippen LogP) is 3.74. The van der Waals surface area contributed by atoms with E-state index < -0.39 is 0 Å². The third-order valence-electron chi connectivity index (χ3n) is 4.34. The van der Waals surface area contributed by atoms with Crippen molar-refractivity contribution in [2.24, 2.45) is 0 Å². The molecule has 120 valence electrons. The van der Waals surface area contributed by atoms with Crippen molar-refractivity contribution < 1.29 is 13.9 Å². The maximum atomic E-state index is 13.5. The second-order valence-corrected chi connectivity index (χ2v) is 5.79. The van der Waals surface area contributed by atoms with E-state index in [0.717, 1.165) is 36.3 Å². The van der Waals surface area contributed by atoms with E-state index in [4.69, 9.17) is 4.74 Å². The standard InChI is InChI=1S/C19H20FNO2/c1-23-18-10-3-2-6-15(18)13-19(22)21-11-5-9-17(21)14-7-4-8-16(20)12-14/h2-4,6-8,10,12,17H,5,9,11,13H2,1H3/t17-/m1/s1. The van der Waals surface area contributed by atoms with Crippen LogP contribution >= 0.6 is 0 Å². The Kier molecular flexibility index (Phi) is 4.60. The lowest BCUT2D eigenvalue weighted by Gasteiger charge is -2.25. The van der Waals surface area contributed by atoms with E-state index in [-0.39, 0.29) is 17.8 Å². The van der Waals surface area contributed by atoms with E-state index in [2.05, 4.69) is 0 Å². The molecule has 2 aromatic carbocycles. The average Bonchev–Trinajstić information content (AvgIpc) is 3.05. The molecule has 3 nitrogen and oxygen atoms in total. The third kappa shape index (κ3) is 3.36. The van der Waals surface area contributed by atoms with Crippen LogP contribution in [0.4, 0.5) is 4.39 Å². The van der Waals surface area contributed by atoms with Gasteiger partial charge in [-0.25, -0.2) is 4.39 Å². The first kappa shape index (κ1) is 15.5. The van der Waals surface area contributed by atoms with Gasteiger partial charge in [-0.2, -0.15) is 0 Å².